The lowest BCUT2D eigenvalue weighted by atomic mass is 10.2. The third-order valence-electron chi connectivity index (χ3n) is 3.76. The Hall–Kier alpha value is -2.39. The number of thioether (sulfide) groups is 1. The van der Waals surface area contributed by atoms with Gasteiger partial charge in [0.15, 0.2) is 0 Å². The Kier molecular flexibility index (Phi) is 4.06. The molecule has 1 fully saturated rings. The maximum atomic E-state index is 12.3. The number of thiocarbonyl (C=S) groups is 1. The molecular weight excluding hydrogens is 350 g/mol. The van der Waals surface area contributed by atoms with Crippen molar-refractivity contribution in [1.82, 2.24) is 14.0 Å². The maximum absolute atomic E-state index is 12.3. The van der Waals surface area contributed by atoms with Crippen molar-refractivity contribution < 1.29 is 14.7 Å². The van der Waals surface area contributed by atoms with Gasteiger partial charge in [0.1, 0.15) is 10.9 Å². The third-order valence-corrected chi connectivity index (χ3v) is 5.14. The highest BCUT2D eigenvalue weighted by molar-refractivity contribution is 8.26. The second-order valence-corrected chi connectivity index (χ2v) is 6.99. The predicted molar refractivity (Wildman–Crippen MR) is 95.7 cm³/mol. The molecule has 1 aromatic heterocycles. The van der Waals surface area contributed by atoms with Gasteiger partial charge in [0.2, 0.25) is 0 Å². The Bertz CT molecular complexity index is 987. The Balaban J connectivity index is 2.00. The number of hydrogen-bond acceptors (Lipinski definition) is 5. The Labute approximate surface area is 146 Å². The SMILES string of the molecule is Cn1c(=O)n(C)c2cc(/C=C3\SC(=S)N(CC(=O)O)C3=O)ccc21. The summed E-state index contributed by atoms with van der Waals surface area (Å²) in [6, 6.07) is 5.41. The predicted octanol–water partition coefficient (Wildman–Crippen LogP) is 1.16. The fourth-order valence-electron chi connectivity index (χ4n) is 2.54. The minimum atomic E-state index is -1.12. The number of imidazole rings is 1. The fourth-order valence-corrected chi connectivity index (χ4v) is 3.79. The molecule has 1 saturated heterocycles. The number of nitrogens with zero attached hydrogens (tertiary/aromatic N) is 3. The van der Waals surface area contributed by atoms with Crippen LogP contribution in [0.1, 0.15) is 5.56 Å². The molecule has 3 rings (SSSR count). The molecule has 0 radical (unpaired) electrons. The summed E-state index contributed by atoms with van der Waals surface area (Å²) in [7, 11) is 3.38. The van der Waals surface area contributed by atoms with E-state index in [1.165, 1.54) is 4.57 Å². The molecule has 0 saturated carbocycles. The van der Waals surface area contributed by atoms with E-state index in [9.17, 15) is 14.4 Å². The molecule has 0 unspecified atom stereocenters. The Morgan fingerprint density at radius 3 is 2.58 bits per heavy atom. The van der Waals surface area contributed by atoms with Crippen molar-refractivity contribution in [3.05, 3.63) is 39.2 Å². The summed E-state index contributed by atoms with van der Waals surface area (Å²) in [6.07, 6.45) is 1.65. The number of hydrogen-bond donors (Lipinski definition) is 1. The first-order chi connectivity index (χ1) is 11.3. The van der Waals surface area contributed by atoms with E-state index in [0.717, 1.165) is 33.3 Å². The Morgan fingerprint density at radius 2 is 1.92 bits per heavy atom. The standard InChI is InChI=1S/C15H13N3O4S2/c1-16-9-4-3-8(5-10(9)17(2)14(16)22)6-11-13(21)18(7-12(19)20)15(23)24-11/h3-6H,7H2,1-2H3,(H,19,20)/b11-6-. The summed E-state index contributed by atoms with van der Waals surface area (Å²) in [5.41, 5.74) is 2.14. The molecule has 9 heteroatoms. The van der Waals surface area contributed by atoms with Crippen molar-refractivity contribution in [2.24, 2.45) is 14.1 Å². The van der Waals surface area contributed by atoms with Crippen LogP contribution in [0.15, 0.2) is 27.9 Å². The monoisotopic (exact) mass is 363 g/mol. The molecule has 1 aliphatic rings. The normalized spacial score (nSPS) is 16.6. The number of amides is 1. The van der Waals surface area contributed by atoms with E-state index >= 15 is 0 Å². The number of aryl methyl sites for hydroxylation is 2. The molecule has 1 N–H and O–H groups in total. The highest BCUT2D eigenvalue weighted by Crippen LogP contribution is 2.32. The summed E-state index contributed by atoms with van der Waals surface area (Å²) in [5.74, 6) is -1.54. The van der Waals surface area contributed by atoms with E-state index in [1.807, 2.05) is 0 Å². The third kappa shape index (κ3) is 2.65. The molecule has 2 heterocycles. The van der Waals surface area contributed by atoms with Gasteiger partial charge in [-0.15, -0.1) is 0 Å². The average Bonchev–Trinajstić information content (AvgIpc) is 2.90. The number of aromatic nitrogens is 2. The summed E-state index contributed by atoms with van der Waals surface area (Å²) in [4.78, 5) is 36.5. The van der Waals surface area contributed by atoms with Crippen LogP contribution in [0.4, 0.5) is 0 Å². The van der Waals surface area contributed by atoms with Gasteiger partial charge >= 0.3 is 11.7 Å². The van der Waals surface area contributed by atoms with Crippen LogP contribution in [-0.2, 0) is 23.7 Å². The minimum absolute atomic E-state index is 0.130. The number of fused-ring (bicyclic) bond motifs is 1. The summed E-state index contributed by atoms with van der Waals surface area (Å²) in [6.45, 7) is -0.450. The number of aliphatic carboxylic acids is 1. The van der Waals surface area contributed by atoms with Gasteiger partial charge in [0.25, 0.3) is 5.91 Å². The van der Waals surface area contributed by atoms with Gasteiger partial charge in [-0.3, -0.25) is 23.6 Å². The van der Waals surface area contributed by atoms with Crippen molar-refractivity contribution in [2.75, 3.05) is 6.54 Å². The van der Waals surface area contributed by atoms with Crippen LogP contribution in [0.2, 0.25) is 0 Å². The molecule has 0 atom stereocenters. The molecule has 0 spiro atoms. The second-order valence-electron chi connectivity index (χ2n) is 5.31. The molecule has 1 aromatic carbocycles. The lowest BCUT2D eigenvalue weighted by molar-refractivity contribution is -0.140. The van der Waals surface area contributed by atoms with Crippen LogP contribution < -0.4 is 5.69 Å². The van der Waals surface area contributed by atoms with Crippen molar-refractivity contribution in [3.63, 3.8) is 0 Å². The van der Waals surface area contributed by atoms with Crippen LogP contribution in [0.3, 0.4) is 0 Å². The van der Waals surface area contributed by atoms with Crippen LogP contribution in [0.5, 0.6) is 0 Å². The lowest BCUT2D eigenvalue weighted by Crippen LogP contribution is -2.33. The van der Waals surface area contributed by atoms with E-state index < -0.39 is 18.4 Å². The number of carboxylic acids is 1. The first-order valence-corrected chi connectivity index (χ1v) is 8.14. The maximum Gasteiger partial charge on any atom is 0.328 e. The van der Waals surface area contributed by atoms with Gasteiger partial charge in [-0.05, 0) is 23.8 Å². The topological polar surface area (TPSA) is 84.5 Å². The number of carbonyl (C=O) groups excluding carboxylic acids is 1. The molecule has 0 aliphatic carbocycles. The van der Waals surface area contributed by atoms with Crippen LogP contribution in [0.25, 0.3) is 17.1 Å². The minimum Gasteiger partial charge on any atom is -0.480 e. The number of benzene rings is 1. The molecule has 24 heavy (non-hydrogen) atoms. The fraction of sp³-hybridized carbons (Fsp3) is 0.200. The zero-order valence-corrected chi connectivity index (χ0v) is 14.5. The van der Waals surface area contributed by atoms with E-state index in [1.54, 1.807) is 42.9 Å². The number of carboxylic acid groups (broad SMARTS) is 1. The van der Waals surface area contributed by atoms with Gasteiger partial charge in [0.05, 0.1) is 15.9 Å². The van der Waals surface area contributed by atoms with Crippen molar-refractivity contribution in [3.8, 4) is 0 Å². The summed E-state index contributed by atoms with van der Waals surface area (Å²) < 4.78 is 3.30. The smallest absolute Gasteiger partial charge is 0.328 e. The van der Waals surface area contributed by atoms with E-state index in [-0.39, 0.29) is 10.0 Å². The van der Waals surface area contributed by atoms with Crippen molar-refractivity contribution in [1.29, 1.82) is 0 Å². The largest absolute Gasteiger partial charge is 0.480 e. The average molecular weight is 363 g/mol. The zero-order valence-electron chi connectivity index (χ0n) is 12.8. The van der Waals surface area contributed by atoms with Gasteiger partial charge in [0, 0.05) is 14.1 Å². The van der Waals surface area contributed by atoms with Crippen LogP contribution in [0, 0.1) is 0 Å². The molecular formula is C15H13N3O4S2. The zero-order chi connectivity index (χ0) is 17.6. The number of rotatable bonds is 3. The molecule has 1 amide bonds. The molecule has 124 valence electrons. The highest BCUT2D eigenvalue weighted by atomic mass is 32.2. The second kappa shape index (κ2) is 5.91. The first-order valence-electron chi connectivity index (χ1n) is 6.92. The van der Waals surface area contributed by atoms with Crippen molar-refractivity contribution in [2.45, 2.75) is 0 Å². The van der Waals surface area contributed by atoms with Crippen LogP contribution in [-0.4, -0.2) is 41.9 Å². The van der Waals surface area contributed by atoms with E-state index in [2.05, 4.69) is 0 Å². The molecule has 2 aromatic rings. The molecule has 1 aliphatic heterocycles. The van der Waals surface area contributed by atoms with E-state index in [4.69, 9.17) is 17.3 Å². The molecule has 7 nitrogen and oxygen atoms in total. The lowest BCUT2D eigenvalue weighted by Gasteiger charge is -2.10. The van der Waals surface area contributed by atoms with Crippen molar-refractivity contribution >= 4 is 57.3 Å². The first kappa shape index (κ1) is 16.5. The quantitative estimate of drug-likeness (QED) is 0.651. The summed E-state index contributed by atoms with van der Waals surface area (Å²) in [5, 5.41) is 8.85. The highest BCUT2D eigenvalue weighted by Gasteiger charge is 2.33. The van der Waals surface area contributed by atoms with Gasteiger partial charge in [-0.1, -0.05) is 30.0 Å². The van der Waals surface area contributed by atoms with Gasteiger partial charge in [-0.25, -0.2) is 4.79 Å². The Morgan fingerprint density at radius 1 is 1.25 bits per heavy atom. The summed E-state index contributed by atoms with van der Waals surface area (Å²) >= 11 is 6.13. The molecule has 0 bridgehead atoms. The number of carbonyl (C=O) groups is 2. The van der Waals surface area contributed by atoms with Gasteiger partial charge < -0.3 is 5.11 Å². The van der Waals surface area contributed by atoms with Crippen LogP contribution >= 0.6 is 24.0 Å². The van der Waals surface area contributed by atoms with E-state index in [0.29, 0.717) is 4.91 Å². The van der Waals surface area contributed by atoms with Gasteiger partial charge in [-0.2, -0.15) is 0 Å².